The molecular weight excluding hydrogens is 354 g/mol. The molecule has 0 saturated heterocycles. The van der Waals surface area contributed by atoms with E-state index in [0.29, 0.717) is 16.5 Å². The Morgan fingerprint density at radius 1 is 1.50 bits per heavy atom. The van der Waals surface area contributed by atoms with Gasteiger partial charge in [0.1, 0.15) is 10.7 Å². The van der Waals surface area contributed by atoms with Crippen LogP contribution in [0.25, 0.3) is 6.08 Å². The number of methoxy groups -OCH3 is 1. The fraction of sp³-hybridized carbons (Fsp3) is 0.267. The Morgan fingerprint density at radius 2 is 2.25 bits per heavy atom. The highest BCUT2D eigenvalue weighted by Gasteiger charge is 2.15. The van der Waals surface area contributed by atoms with Crippen molar-refractivity contribution >= 4 is 35.4 Å². The van der Waals surface area contributed by atoms with Gasteiger partial charge in [0.15, 0.2) is 11.5 Å². The van der Waals surface area contributed by atoms with E-state index in [2.05, 4.69) is 15.2 Å². The highest BCUT2D eigenvalue weighted by molar-refractivity contribution is 8.04. The molecule has 0 saturated carbocycles. The summed E-state index contributed by atoms with van der Waals surface area (Å²) in [5.74, 6) is -0.449. The van der Waals surface area contributed by atoms with Gasteiger partial charge in [-0.25, -0.2) is 9.78 Å². The summed E-state index contributed by atoms with van der Waals surface area (Å²) < 4.78 is 5.01. The second-order valence-electron chi connectivity index (χ2n) is 4.78. The number of aromatic nitrogens is 3. The Morgan fingerprint density at radius 3 is 2.88 bits per heavy atom. The molecule has 1 aromatic heterocycles. The largest absolute Gasteiger partial charge is 0.503 e. The fourth-order valence-electron chi connectivity index (χ4n) is 1.89. The van der Waals surface area contributed by atoms with E-state index in [0.717, 1.165) is 24.6 Å². The van der Waals surface area contributed by atoms with Crippen LogP contribution in [0, 0.1) is 0 Å². The minimum atomic E-state index is -1.12. The molecule has 0 aliphatic carbocycles. The summed E-state index contributed by atoms with van der Waals surface area (Å²) in [4.78, 5) is 15.7. The highest BCUT2D eigenvalue weighted by atomic mass is 35.5. The molecule has 9 heteroatoms. The number of aryl methyl sites for hydroxylation is 1. The Balaban J connectivity index is 2.31. The molecule has 0 atom stereocenters. The zero-order valence-corrected chi connectivity index (χ0v) is 14.6. The fourth-order valence-corrected chi connectivity index (χ4v) is 2.83. The van der Waals surface area contributed by atoms with Gasteiger partial charge in [0.2, 0.25) is 5.16 Å². The predicted molar refractivity (Wildman–Crippen MR) is 91.5 cm³/mol. The lowest BCUT2D eigenvalue weighted by Gasteiger charge is -2.07. The van der Waals surface area contributed by atoms with Gasteiger partial charge in [0.25, 0.3) is 0 Å². The summed E-state index contributed by atoms with van der Waals surface area (Å²) in [6.07, 6.45) is 3.06. The van der Waals surface area contributed by atoms with Crippen molar-refractivity contribution in [2.24, 2.45) is 0 Å². The number of nitrogens with one attached hydrogen (secondary N) is 1. The number of phenolic OH excluding ortho intramolecular Hbond substituents is 1. The van der Waals surface area contributed by atoms with E-state index < -0.39 is 5.97 Å². The molecule has 0 fully saturated rings. The maximum Gasteiger partial charge on any atom is 0.342 e. The molecule has 1 aromatic carbocycles. The Kier molecular flexibility index (Phi) is 6.10. The Hall–Kier alpha value is -2.19. The lowest BCUT2D eigenvalue weighted by molar-refractivity contribution is -0.131. The van der Waals surface area contributed by atoms with E-state index in [1.54, 1.807) is 0 Å². The molecule has 7 nitrogen and oxygen atoms in total. The number of hydrogen-bond acceptors (Lipinski definition) is 6. The molecule has 24 heavy (non-hydrogen) atoms. The molecule has 0 spiro atoms. The van der Waals surface area contributed by atoms with Crippen molar-refractivity contribution in [1.82, 2.24) is 15.2 Å². The molecule has 3 N–H and O–H groups in total. The number of rotatable bonds is 7. The Labute approximate surface area is 147 Å². The monoisotopic (exact) mass is 369 g/mol. The number of aromatic hydroxyl groups is 1. The molecule has 2 rings (SSSR count). The minimum absolute atomic E-state index is 0.0147. The number of hydrogen-bond donors (Lipinski definition) is 3. The van der Waals surface area contributed by atoms with Crippen molar-refractivity contribution in [1.29, 1.82) is 0 Å². The quantitative estimate of drug-likeness (QED) is 0.507. The standard InChI is InChI=1S/C15H16ClN3O4S/c1-3-4-12-17-15(19-18-12)24-11(14(21)22)7-8-5-9(16)13(20)10(6-8)23-2/h5-7,20H,3-4H2,1-2H3,(H,21,22)(H,17,18,19)/b11-7-. The number of nitrogens with zero attached hydrogens (tertiary/aromatic N) is 2. The maximum absolute atomic E-state index is 11.5. The van der Waals surface area contributed by atoms with Crippen LogP contribution in [0.2, 0.25) is 5.02 Å². The number of aromatic amines is 1. The number of halogens is 1. The van der Waals surface area contributed by atoms with Crippen LogP contribution in [0.4, 0.5) is 0 Å². The van der Waals surface area contributed by atoms with Crippen molar-refractivity contribution < 1.29 is 19.7 Å². The Bertz CT molecular complexity index is 776. The number of carboxylic acids is 1. The first kappa shape index (κ1) is 18.2. The van der Waals surface area contributed by atoms with Crippen LogP contribution in [-0.4, -0.2) is 38.5 Å². The van der Waals surface area contributed by atoms with E-state index in [-0.39, 0.29) is 21.4 Å². The van der Waals surface area contributed by atoms with Crippen LogP contribution < -0.4 is 4.74 Å². The molecule has 0 unspecified atom stereocenters. The second-order valence-corrected chi connectivity index (χ2v) is 6.20. The lowest BCUT2D eigenvalue weighted by Crippen LogP contribution is -1.97. The van der Waals surface area contributed by atoms with E-state index in [1.807, 2.05) is 6.92 Å². The van der Waals surface area contributed by atoms with Gasteiger partial charge in [0, 0.05) is 6.42 Å². The van der Waals surface area contributed by atoms with Gasteiger partial charge in [-0.3, -0.25) is 5.10 Å². The number of thioether (sulfide) groups is 1. The van der Waals surface area contributed by atoms with E-state index in [4.69, 9.17) is 16.3 Å². The maximum atomic E-state index is 11.5. The van der Waals surface area contributed by atoms with Crippen LogP contribution in [0.3, 0.4) is 0 Å². The summed E-state index contributed by atoms with van der Waals surface area (Å²) >= 11 is 6.84. The number of ether oxygens (including phenoxy) is 1. The first-order valence-corrected chi connectivity index (χ1v) is 8.24. The highest BCUT2D eigenvalue weighted by Crippen LogP contribution is 2.36. The van der Waals surface area contributed by atoms with Crippen LogP contribution in [0.15, 0.2) is 22.2 Å². The van der Waals surface area contributed by atoms with E-state index in [1.165, 1.54) is 25.3 Å². The van der Waals surface area contributed by atoms with Gasteiger partial charge in [-0.1, -0.05) is 18.5 Å². The molecule has 1 heterocycles. The summed E-state index contributed by atoms with van der Waals surface area (Å²) in [6, 6.07) is 2.94. The third kappa shape index (κ3) is 4.42. The van der Waals surface area contributed by atoms with Gasteiger partial charge in [-0.05, 0) is 42.0 Å². The molecule has 0 radical (unpaired) electrons. The predicted octanol–water partition coefficient (Wildman–Crippen LogP) is 3.34. The normalized spacial score (nSPS) is 11.5. The lowest BCUT2D eigenvalue weighted by atomic mass is 10.2. The van der Waals surface area contributed by atoms with Crippen LogP contribution in [-0.2, 0) is 11.2 Å². The van der Waals surface area contributed by atoms with Gasteiger partial charge < -0.3 is 14.9 Å². The first-order chi connectivity index (χ1) is 11.4. The van der Waals surface area contributed by atoms with Gasteiger partial charge >= 0.3 is 5.97 Å². The zero-order chi connectivity index (χ0) is 17.7. The van der Waals surface area contributed by atoms with Crippen LogP contribution >= 0.6 is 23.4 Å². The number of H-pyrrole nitrogens is 1. The summed E-state index contributed by atoms with van der Waals surface area (Å²) in [7, 11) is 1.38. The summed E-state index contributed by atoms with van der Waals surface area (Å²) in [5, 5.41) is 26.3. The van der Waals surface area contributed by atoms with Gasteiger partial charge in [-0.15, -0.1) is 5.10 Å². The smallest absolute Gasteiger partial charge is 0.342 e. The molecule has 0 bridgehead atoms. The minimum Gasteiger partial charge on any atom is -0.503 e. The summed E-state index contributed by atoms with van der Waals surface area (Å²) in [5.41, 5.74) is 0.476. The third-order valence-corrected chi connectivity index (χ3v) is 4.14. The average molecular weight is 370 g/mol. The number of aliphatic carboxylic acids is 1. The van der Waals surface area contributed by atoms with Crippen molar-refractivity contribution in [3.05, 3.63) is 33.4 Å². The van der Waals surface area contributed by atoms with Crippen LogP contribution in [0.1, 0.15) is 24.7 Å². The molecule has 0 aliphatic rings. The van der Waals surface area contributed by atoms with Crippen molar-refractivity contribution in [2.45, 2.75) is 24.9 Å². The van der Waals surface area contributed by atoms with Gasteiger partial charge in [-0.2, -0.15) is 0 Å². The number of phenols is 1. The number of carbonyl (C=O) groups is 1. The van der Waals surface area contributed by atoms with Crippen molar-refractivity contribution in [3.8, 4) is 11.5 Å². The third-order valence-electron chi connectivity index (χ3n) is 2.98. The average Bonchev–Trinajstić information content (AvgIpc) is 2.97. The zero-order valence-electron chi connectivity index (χ0n) is 13.0. The van der Waals surface area contributed by atoms with E-state index >= 15 is 0 Å². The topological polar surface area (TPSA) is 108 Å². The second kappa shape index (κ2) is 8.07. The summed E-state index contributed by atoms with van der Waals surface area (Å²) in [6.45, 7) is 2.01. The molecular formula is C15H16ClN3O4S. The number of benzene rings is 1. The van der Waals surface area contributed by atoms with Crippen LogP contribution in [0.5, 0.6) is 11.5 Å². The molecule has 128 valence electrons. The molecule has 2 aromatic rings. The van der Waals surface area contributed by atoms with E-state index in [9.17, 15) is 15.0 Å². The first-order valence-electron chi connectivity index (χ1n) is 7.05. The molecule has 0 aliphatic heterocycles. The van der Waals surface area contributed by atoms with Crippen molar-refractivity contribution in [3.63, 3.8) is 0 Å². The SMILES string of the molecule is CCCc1nc(S/C(=C\c2cc(Cl)c(O)c(OC)c2)C(=O)O)n[nH]1. The number of carboxylic acid groups (broad SMARTS) is 1. The van der Waals surface area contributed by atoms with Gasteiger partial charge in [0.05, 0.1) is 12.1 Å². The molecule has 0 amide bonds. The van der Waals surface area contributed by atoms with Crippen molar-refractivity contribution in [2.75, 3.05) is 7.11 Å².